The summed E-state index contributed by atoms with van der Waals surface area (Å²) in [5.74, 6) is 0.886. The normalized spacial score (nSPS) is 22.6. The summed E-state index contributed by atoms with van der Waals surface area (Å²) < 4.78 is 55.2. The highest BCUT2D eigenvalue weighted by atomic mass is 35.5. The molecule has 11 nitrogen and oxygen atoms in total. The molecule has 3 aliphatic heterocycles. The van der Waals surface area contributed by atoms with Gasteiger partial charge in [-0.1, -0.05) is 17.7 Å². The third kappa shape index (κ3) is 5.75. The van der Waals surface area contributed by atoms with E-state index in [4.69, 9.17) is 46.3 Å². The highest BCUT2D eigenvalue weighted by Crippen LogP contribution is 2.51. The number of nitrogen functional groups attached to an aromatic ring is 1. The van der Waals surface area contributed by atoms with Crippen molar-refractivity contribution in [3.63, 3.8) is 0 Å². The van der Waals surface area contributed by atoms with Gasteiger partial charge >= 0.3 is 6.01 Å². The lowest BCUT2D eigenvalue weighted by molar-refractivity contribution is 0.0511. The monoisotopic (exact) mass is 693 g/mol. The van der Waals surface area contributed by atoms with Gasteiger partial charge in [0.1, 0.15) is 53.4 Å². The Morgan fingerprint density at radius 1 is 1.18 bits per heavy atom. The van der Waals surface area contributed by atoms with Gasteiger partial charge in [-0.15, -0.1) is 0 Å². The average molecular weight is 694 g/mol. The number of fused-ring (bicyclic) bond motifs is 1. The molecule has 6 heterocycles. The fraction of sp³-hybridized carbons (Fsp3) is 0.486. The number of hydrogen-bond donors (Lipinski definition) is 1. The summed E-state index contributed by atoms with van der Waals surface area (Å²) in [7, 11) is 1.52. The molecule has 2 N–H and O–H groups in total. The molecule has 3 fully saturated rings. The summed E-state index contributed by atoms with van der Waals surface area (Å²) in [5, 5.41) is 0.778. The number of pyridine rings is 2. The predicted octanol–water partition coefficient (Wildman–Crippen LogP) is 6.24. The van der Waals surface area contributed by atoms with Crippen LogP contribution >= 0.6 is 11.6 Å². The lowest BCUT2D eigenvalue weighted by atomic mass is 9.95. The second-order valence-corrected chi connectivity index (χ2v) is 13.8. The van der Waals surface area contributed by atoms with Crippen LogP contribution < -0.4 is 24.8 Å². The van der Waals surface area contributed by atoms with Crippen molar-refractivity contribution in [1.29, 1.82) is 0 Å². The third-order valence-electron chi connectivity index (χ3n) is 10.3. The third-order valence-corrected chi connectivity index (χ3v) is 10.6. The SMILES string of the molecule is COCOc1cc(Cl)c(C2CC2)c(-c2nc3c4c(nc(OC[C@@]56CCCN5C[C@H](F)C6)nc4c2F)N(C(C)c2cccnc2N)CCO3)c1. The molecule has 49 heavy (non-hydrogen) atoms. The number of rotatable bonds is 10. The number of nitrogens with zero attached hydrogens (tertiary/aromatic N) is 6. The Labute approximate surface area is 287 Å². The van der Waals surface area contributed by atoms with Crippen LogP contribution in [-0.2, 0) is 4.74 Å². The highest BCUT2D eigenvalue weighted by molar-refractivity contribution is 6.32. The Hall–Kier alpha value is -4.07. The van der Waals surface area contributed by atoms with Crippen molar-refractivity contribution in [1.82, 2.24) is 24.8 Å². The van der Waals surface area contributed by atoms with Gasteiger partial charge in [0.15, 0.2) is 12.6 Å². The first-order chi connectivity index (χ1) is 23.8. The van der Waals surface area contributed by atoms with E-state index in [1.165, 1.54) is 7.11 Å². The fourth-order valence-corrected chi connectivity index (χ4v) is 8.13. The minimum atomic E-state index is -0.922. The smallest absolute Gasteiger partial charge is 0.319 e. The highest BCUT2D eigenvalue weighted by Gasteiger charge is 2.49. The van der Waals surface area contributed by atoms with E-state index in [0.29, 0.717) is 52.9 Å². The van der Waals surface area contributed by atoms with Gasteiger partial charge in [0.2, 0.25) is 5.88 Å². The van der Waals surface area contributed by atoms with Gasteiger partial charge in [0, 0.05) is 42.4 Å². The number of benzene rings is 1. The first-order valence-corrected chi connectivity index (χ1v) is 17.1. The van der Waals surface area contributed by atoms with Crippen LogP contribution in [0.25, 0.3) is 22.2 Å². The average Bonchev–Trinajstić information content (AvgIpc) is 3.81. The van der Waals surface area contributed by atoms with Crippen molar-refractivity contribution in [2.24, 2.45) is 0 Å². The lowest BCUT2D eigenvalue weighted by Gasteiger charge is -2.32. The van der Waals surface area contributed by atoms with Gasteiger partial charge in [0.25, 0.3) is 0 Å². The van der Waals surface area contributed by atoms with Crippen LogP contribution in [0.1, 0.15) is 62.1 Å². The second kappa shape index (κ2) is 12.7. The second-order valence-electron chi connectivity index (χ2n) is 13.4. The van der Waals surface area contributed by atoms with E-state index in [0.717, 1.165) is 43.4 Å². The molecule has 1 aromatic carbocycles. The number of hydrogen-bond acceptors (Lipinski definition) is 11. The van der Waals surface area contributed by atoms with Crippen LogP contribution in [0.5, 0.6) is 17.6 Å². The number of aromatic nitrogens is 4. The van der Waals surface area contributed by atoms with E-state index in [2.05, 4.69) is 14.9 Å². The molecule has 1 aliphatic carbocycles. The molecule has 0 amide bonds. The molecule has 4 aliphatic rings. The number of ether oxygens (including phenoxy) is 4. The van der Waals surface area contributed by atoms with Crippen LogP contribution in [0.4, 0.5) is 20.4 Å². The molecule has 4 aromatic rings. The van der Waals surface area contributed by atoms with Crippen LogP contribution in [0.3, 0.4) is 0 Å². The quantitative estimate of drug-likeness (QED) is 0.190. The summed E-state index contributed by atoms with van der Waals surface area (Å²) in [4.78, 5) is 22.8. The van der Waals surface area contributed by atoms with E-state index >= 15 is 4.39 Å². The summed E-state index contributed by atoms with van der Waals surface area (Å²) >= 11 is 6.81. The van der Waals surface area contributed by atoms with Gasteiger partial charge < -0.3 is 29.6 Å². The number of halogens is 3. The minimum absolute atomic E-state index is 0.00460. The lowest BCUT2D eigenvalue weighted by Crippen LogP contribution is -2.43. The summed E-state index contributed by atoms with van der Waals surface area (Å²) in [6.45, 7) is 3.98. The van der Waals surface area contributed by atoms with Crippen molar-refractivity contribution >= 4 is 34.1 Å². The Bertz CT molecular complexity index is 1920. The van der Waals surface area contributed by atoms with Crippen LogP contribution in [0, 0.1) is 5.82 Å². The number of nitrogens with two attached hydrogens (primary N) is 1. The Morgan fingerprint density at radius 3 is 2.84 bits per heavy atom. The fourth-order valence-electron chi connectivity index (χ4n) is 7.77. The molecular formula is C35H38ClF2N7O4. The van der Waals surface area contributed by atoms with Crippen LogP contribution in [0.15, 0.2) is 30.5 Å². The summed E-state index contributed by atoms with van der Waals surface area (Å²) in [6, 6.07) is 6.85. The van der Waals surface area contributed by atoms with Crippen molar-refractivity contribution in [3.05, 3.63) is 52.4 Å². The van der Waals surface area contributed by atoms with E-state index in [1.807, 2.05) is 24.0 Å². The van der Waals surface area contributed by atoms with Crippen molar-refractivity contribution in [3.8, 4) is 28.9 Å². The molecule has 1 unspecified atom stereocenters. The molecule has 258 valence electrons. The zero-order chi connectivity index (χ0) is 33.9. The topological polar surface area (TPSA) is 121 Å². The number of anilines is 2. The standard InChI is InChI=1S/C35H38ClF2N7O4/c1-19(23-5-3-9-40-31(23)39)45-11-12-47-33-27-30(42-34(43-32(27)45)48-17-35-8-4-10-44(35)16-21(37)15-35)28(38)29(41-33)24-13-22(49-18-46-2)14-25(36)26(24)20-6-7-20/h3,5,9,13-14,19-21H,4,6-8,10-12,15-18H2,1-2H3,(H2,39,40)/t19?,21-,35+/m1/s1. The summed E-state index contributed by atoms with van der Waals surface area (Å²) in [6.07, 6.45) is 4.72. The molecule has 14 heteroatoms. The Morgan fingerprint density at radius 2 is 2.04 bits per heavy atom. The Balaban J connectivity index is 1.29. The van der Waals surface area contributed by atoms with Crippen molar-refractivity contribution in [2.75, 3.05) is 57.4 Å². The maximum atomic E-state index is 17.2. The van der Waals surface area contributed by atoms with E-state index in [9.17, 15) is 4.39 Å². The van der Waals surface area contributed by atoms with E-state index in [-0.39, 0.29) is 55.1 Å². The van der Waals surface area contributed by atoms with Gasteiger partial charge in [-0.05, 0) is 68.8 Å². The van der Waals surface area contributed by atoms with E-state index in [1.54, 1.807) is 18.3 Å². The zero-order valence-electron chi connectivity index (χ0n) is 27.4. The summed E-state index contributed by atoms with van der Waals surface area (Å²) in [5.41, 5.74) is 7.98. The van der Waals surface area contributed by atoms with Crippen LogP contribution in [0.2, 0.25) is 5.02 Å². The molecule has 1 saturated carbocycles. The first kappa shape index (κ1) is 32.2. The molecule has 3 aromatic heterocycles. The molecule has 2 saturated heterocycles. The van der Waals surface area contributed by atoms with Crippen LogP contribution in [-0.4, -0.2) is 83.3 Å². The van der Waals surface area contributed by atoms with Crippen molar-refractivity contribution in [2.45, 2.75) is 62.7 Å². The molecule has 3 atom stereocenters. The largest absolute Gasteiger partial charge is 0.475 e. The maximum absolute atomic E-state index is 17.2. The molecule has 8 rings (SSSR count). The van der Waals surface area contributed by atoms with Crippen molar-refractivity contribution < 1.29 is 27.7 Å². The van der Waals surface area contributed by atoms with Gasteiger partial charge in [-0.3, -0.25) is 4.90 Å². The number of alkyl halides is 1. The molecular weight excluding hydrogens is 656 g/mol. The number of methoxy groups -OCH3 is 1. The van der Waals surface area contributed by atoms with Gasteiger partial charge in [-0.2, -0.15) is 9.97 Å². The minimum Gasteiger partial charge on any atom is -0.475 e. The molecule has 0 bridgehead atoms. The predicted molar refractivity (Wildman–Crippen MR) is 181 cm³/mol. The Kier molecular flexibility index (Phi) is 8.32. The van der Waals surface area contributed by atoms with Gasteiger partial charge in [-0.25, -0.2) is 18.7 Å². The first-order valence-electron chi connectivity index (χ1n) is 16.7. The molecule has 0 radical (unpaired) electrons. The van der Waals surface area contributed by atoms with E-state index < -0.39 is 17.5 Å². The van der Waals surface area contributed by atoms with Gasteiger partial charge in [0.05, 0.1) is 18.1 Å². The maximum Gasteiger partial charge on any atom is 0.319 e. The zero-order valence-corrected chi connectivity index (χ0v) is 28.2. The molecule has 0 spiro atoms.